The number of hydrogen-bond acceptors (Lipinski definition) is 4. The number of rotatable bonds is 6. The van der Waals surface area contributed by atoms with E-state index in [9.17, 15) is 9.59 Å². The van der Waals surface area contributed by atoms with Crippen LogP contribution in [-0.2, 0) is 14.3 Å². The van der Waals surface area contributed by atoms with Crippen LogP contribution < -0.4 is 4.90 Å². The van der Waals surface area contributed by atoms with Gasteiger partial charge in [-0.2, -0.15) is 0 Å². The molecule has 0 N–H and O–H groups in total. The Morgan fingerprint density at radius 2 is 1.76 bits per heavy atom. The van der Waals surface area contributed by atoms with Crippen LogP contribution in [-0.4, -0.2) is 34.6 Å². The summed E-state index contributed by atoms with van der Waals surface area (Å²) in [6, 6.07) is 21.4. The lowest BCUT2D eigenvalue weighted by Gasteiger charge is -2.38. The minimum atomic E-state index is -0.997. The Hall–Kier alpha value is -3.67. The lowest BCUT2D eigenvalue weighted by Crippen LogP contribution is -2.50. The van der Waals surface area contributed by atoms with Gasteiger partial charge < -0.3 is 9.30 Å². The van der Waals surface area contributed by atoms with Crippen molar-refractivity contribution < 1.29 is 14.3 Å². The fraction of sp³-hybridized carbons (Fsp3) is 0.321. The molecular weight excluding hydrogens is 426 g/mol. The number of carbonyl (C=O) groups is 2. The summed E-state index contributed by atoms with van der Waals surface area (Å²) in [7, 11) is 0. The first-order valence-corrected chi connectivity index (χ1v) is 11.9. The smallest absolute Gasteiger partial charge is 0.321 e. The Labute approximate surface area is 199 Å². The van der Waals surface area contributed by atoms with Crippen molar-refractivity contribution in [1.29, 1.82) is 0 Å². The fourth-order valence-corrected chi connectivity index (χ4v) is 4.93. The molecule has 0 spiro atoms. The van der Waals surface area contributed by atoms with Crippen molar-refractivity contribution in [3.8, 4) is 0 Å². The van der Waals surface area contributed by atoms with Crippen LogP contribution in [0.15, 0.2) is 66.7 Å². The summed E-state index contributed by atoms with van der Waals surface area (Å²) in [5, 5.41) is 2.07. The SMILES string of the molecule is CCOC(=O)[C@H]1C(=O)N(CCC(C)C)c2nc3ccccc3n2[C@H]1c1cccc2ccccc12. The second kappa shape index (κ2) is 8.93. The number of fused-ring (bicyclic) bond motifs is 4. The van der Waals surface area contributed by atoms with Crippen molar-refractivity contribution >= 4 is 39.6 Å². The highest BCUT2D eigenvalue weighted by molar-refractivity contribution is 6.09. The second-order valence-electron chi connectivity index (χ2n) is 9.19. The molecule has 0 unspecified atom stereocenters. The number of nitrogens with zero attached hydrogens (tertiary/aromatic N) is 3. The Bertz CT molecular complexity index is 1370. The van der Waals surface area contributed by atoms with Crippen molar-refractivity contribution in [2.24, 2.45) is 11.8 Å². The van der Waals surface area contributed by atoms with E-state index in [1.165, 1.54) is 0 Å². The van der Waals surface area contributed by atoms with Crippen LogP contribution >= 0.6 is 0 Å². The number of hydrogen-bond donors (Lipinski definition) is 0. The number of aromatic nitrogens is 2. The average Bonchev–Trinajstić information content (AvgIpc) is 3.21. The van der Waals surface area contributed by atoms with E-state index in [2.05, 4.69) is 18.4 Å². The molecule has 174 valence electrons. The molecule has 1 aliphatic heterocycles. The van der Waals surface area contributed by atoms with Gasteiger partial charge in [0.2, 0.25) is 11.9 Å². The van der Waals surface area contributed by atoms with E-state index in [1.807, 2.05) is 66.7 Å². The Morgan fingerprint density at radius 1 is 1.03 bits per heavy atom. The molecule has 0 fully saturated rings. The minimum absolute atomic E-state index is 0.217. The van der Waals surface area contributed by atoms with E-state index in [1.54, 1.807) is 11.8 Å². The molecule has 1 amide bonds. The zero-order chi connectivity index (χ0) is 23.8. The predicted octanol–water partition coefficient (Wildman–Crippen LogP) is 5.35. The first kappa shape index (κ1) is 22.1. The quantitative estimate of drug-likeness (QED) is 0.290. The summed E-state index contributed by atoms with van der Waals surface area (Å²) in [6.45, 7) is 6.73. The highest BCUT2D eigenvalue weighted by Crippen LogP contribution is 2.43. The average molecular weight is 456 g/mol. The summed E-state index contributed by atoms with van der Waals surface area (Å²) in [4.78, 5) is 33.9. The van der Waals surface area contributed by atoms with Gasteiger partial charge in [-0.05, 0) is 47.7 Å². The first-order valence-electron chi connectivity index (χ1n) is 11.9. The molecule has 2 heterocycles. The molecule has 34 heavy (non-hydrogen) atoms. The molecular formula is C28H29N3O3. The van der Waals surface area contributed by atoms with Gasteiger partial charge in [0, 0.05) is 6.54 Å². The number of para-hydroxylation sites is 2. The molecule has 2 atom stereocenters. The maximum absolute atomic E-state index is 14.0. The highest BCUT2D eigenvalue weighted by atomic mass is 16.5. The topological polar surface area (TPSA) is 64.4 Å². The normalized spacial score (nSPS) is 18.0. The molecule has 6 heteroatoms. The van der Waals surface area contributed by atoms with Crippen molar-refractivity contribution in [1.82, 2.24) is 9.55 Å². The van der Waals surface area contributed by atoms with Gasteiger partial charge in [-0.3, -0.25) is 14.5 Å². The summed E-state index contributed by atoms with van der Waals surface area (Å²) in [5.41, 5.74) is 2.61. The van der Waals surface area contributed by atoms with E-state index in [-0.39, 0.29) is 12.5 Å². The fourth-order valence-electron chi connectivity index (χ4n) is 4.93. The molecule has 5 rings (SSSR count). The summed E-state index contributed by atoms with van der Waals surface area (Å²) in [6.07, 6.45) is 0.809. The van der Waals surface area contributed by atoms with Gasteiger partial charge >= 0.3 is 5.97 Å². The molecule has 0 saturated heterocycles. The standard InChI is InChI=1S/C28H29N3O3/c1-4-34-27(33)24-25(21-13-9-11-19-10-5-6-12-20(19)21)31-23-15-8-7-14-22(23)29-28(31)30(26(24)32)17-16-18(2)3/h5-15,18,24-25H,4,16-17H2,1-3H3/t24-,25+/m1/s1. The van der Waals surface area contributed by atoms with E-state index in [0.29, 0.717) is 18.4 Å². The lowest BCUT2D eigenvalue weighted by atomic mass is 9.86. The van der Waals surface area contributed by atoms with E-state index >= 15 is 0 Å². The molecule has 6 nitrogen and oxygen atoms in total. The summed E-state index contributed by atoms with van der Waals surface area (Å²) < 4.78 is 7.54. The summed E-state index contributed by atoms with van der Waals surface area (Å²) in [5.74, 6) is -0.751. The maximum atomic E-state index is 14.0. The number of anilines is 1. The first-order chi connectivity index (χ1) is 16.5. The minimum Gasteiger partial charge on any atom is -0.465 e. The molecule has 3 aromatic carbocycles. The molecule has 1 aliphatic rings. The van der Waals surface area contributed by atoms with Crippen LogP contribution in [0.25, 0.3) is 21.8 Å². The van der Waals surface area contributed by atoms with Crippen LogP contribution in [0.2, 0.25) is 0 Å². The van der Waals surface area contributed by atoms with Crippen LogP contribution in [0.4, 0.5) is 5.95 Å². The molecule has 1 aromatic heterocycles. The second-order valence-corrected chi connectivity index (χ2v) is 9.19. The van der Waals surface area contributed by atoms with Gasteiger partial charge in [0.05, 0.1) is 23.7 Å². The monoisotopic (exact) mass is 455 g/mol. The Kier molecular flexibility index (Phi) is 5.82. The van der Waals surface area contributed by atoms with Crippen molar-refractivity contribution in [2.45, 2.75) is 33.2 Å². The summed E-state index contributed by atoms with van der Waals surface area (Å²) >= 11 is 0. The van der Waals surface area contributed by atoms with Crippen LogP contribution in [0.3, 0.4) is 0 Å². The zero-order valence-electron chi connectivity index (χ0n) is 19.8. The van der Waals surface area contributed by atoms with Gasteiger partial charge in [-0.15, -0.1) is 0 Å². The zero-order valence-corrected chi connectivity index (χ0v) is 19.8. The van der Waals surface area contributed by atoms with Crippen LogP contribution in [0, 0.1) is 11.8 Å². The molecule has 0 saturated carbocycles. The van der Waals surface area contributed by atoms with E-state index in [4.69, 9.17) is 9.72 Å². The third-order valence-electron chi connectivity index (χ3n) is 6.56. The van der Waals surface area contributed by atoms with E-state index < -0.39 is 17.9 Å². The predicted molar refractivity (Wildman–Crippen MR) is 134 cm³/mol. The van der Waals surface area contributed by atoms with Gasteiger partial charge in [0.1, 0.15) is 0 Å². The highest BCUT2D eigenvalue weighted by Gasteiger charge is 2.48. The number of carbonyl (C=O) groups excluding carboxylic acids is 2. The van der Waals surface area contributed by atoms with E-state index in [0.717, 1.165) is 33.8 Å². The molecule has 0 bridgehead atoms. The van der Waals surface area contributed by atoms with Gasteiger partial charge in [0.25, 0.3) is 0 Å². The van der Waals surface area contributed by atoms with Crippen molar-refractivity contribution in [2.75, 3.05) is 18.1 Å². The number of esters is 1. The Morgan fingerprint density at radius 3 is 2.56 bits per heavy atom. The van der Waals surface area contributed by atoms with Gasteiger partial charge in [0.15, 0.2) is 5.92 Å². The molecule has 0 aliphatic carbocycles. The number of benzene rings is 3. The number of ether oxygens (including phenoxy) is 1. The van der Waals surface area contributed by atoms with Crippen molar-refractivity contribution in [3.63, 3.8) is 0 Å². The van der Waals surface area contributed by atoms with Crippen LogP contribution in [0.5, 0.6) is 0 Å². The lowest BCUT2D eigenvalue weighted by molar-refractivity contribution is -0.153. The number of imidazole rings is 1. The van der Waals surface area contributed by atoms with Crippen molar-refractivity contribution in [3.05, 3.63) is 72.3 Å². The molecule has 0 radical (unpaired) electrons. The maximum Gasteiger partial charge on any atom is 0.321 e. The number of amides is 1. The largest absolute Gasteiger partial charge is 0.465 e. The Balaban J connectivity index is 1.80. The third kappa shape index (κ3) is 3.63. The van der Waals surface area contributed by atoms with Crippen LogP contribution in [0.1, 0.15) is 38.8 Å². The van der Waals surface area contributed by atoms with Gasteiger partial charge in [-0.1, -0.05) is 68.4 Å². The van der Waals surface area contributed by atoms with Gasteiger partial charge in [-0.25, -0.2) is 4.98 Å². The third-order valence-corrected chi connectivity index (χ3v) is 6.56. The molecule has 4 aromatic rings.